The number of rotatable bonds is 1. The Kier molecular flexibility index (Phi) is 3.01. The monoisotopic (exact) mass is 319 g/mol. The van der Waals surface area contributed by atoms with Crippen LogP contribution in [0.2, 0.25) is 0 Å². The molecule has 0 aliphatic carbocycles. The van der Waals surface area contributed by atoms with Crippen LogP contribution in [0.1, 0.15) is 23.0 Å². The Labute approximate surface area is 110 Å². The zero-order valence-corrected chi connectivity index (χ0v) is 11.2. The molecule has 1 heterocycles. The van der Waals surface area contributed by atoms with Gasteiger partial charge >= 0.3 is 6.18 Å². The lowest BCUT2D eigenvalue weighted by atomic mass is 10.1. The van der Waals surface area contributed by atoms with E-state index in [4.69, 9.17) is 0 Å². The lowest BCUT2D eigenvalue weighted by Crippen LogP contribution is -2.15. The summed E-state index contributed by atoms with van der Waals surface area (Å²) in [5.74, 6) is -0.588. The molecular formula is C12H9BrF3NO. The molecule has 1 aromatic heterocycles. The molecule has 0 bridgehead atoms. The fourth-order valence-electron chi connectivity index (χ4n) is 2.10. The lowest BCUT2D eigenvalue weighted by Gasteiger charge is -2.09. The maximum atomic E-state index is 13.0. The van der Waals surface area contributed by atoms with Crippen LogP contribution in [0.3, 0.4) is 0 Å². The number of ketones is 1. The standard InChI is InChI=1S/C12H9BrF3NO/c1-6(18)10-8-4-3-7(13)5-9(8)17(2)11(10)12(14,15)16/h3-5H,1-2H3. The molecule has 0 aliphatic heterocycles. The highest BCUT2D eigenvalue weighted by molar-refractivity contribution is 9.10. The highest BCUT2D eigenvalue weighted by atomic mass is 79.9. The quantitative estimate of drug-likeness (QED) is 0.723. The van der Waals surface area contributed by atoms with Gasteiger partial charge in [-0.25, -0.2) is 0 Å². The molecule has 0 spiro atoms. The summed E-state index contributed by atoms with van der Waals surface area (Å²) in [4.78, 5) is 11.5. The summed E-state index contributed by atoms with van der Waals surface area (Å²) < 4.78 is 40.7. The summed E-state index contributed by atoms with van der Waals surface area (Å²) in [6, 6.07) is 4.71. The van der Waals surface area contributed by atoms with Crippen LogP contribution in [0.4, 0.5) is 13.2 Å². The van der Waals surface area contributed by atoms with Gasteiger partial charge in [0.15, 0.2) is 5.78 Å². The van der Waals surface area contributed by atoms with Gasteiger partial charge in [-0.2, -0.15) is 13.2 Å². The van der Waals surface area contributed by atoms with Crippen molar-refractivity contribution in [3.8, 4) is 0 Å². The minimum atomic E-state index is -4.55. The summed E-state index contributed by atoms with van der Waals surface area (Å²) >= 11 is 3.21. The van der Waals surface area contributed by atoms with E-state index in [2.05, 4.69) is 15.9 Å². The lowest BCUT2D eigenvalue weighted by molar-refractivity contribution is -0.143. The second kappa shape index (κ2) is 4.12. The van der Waals surface area contributed by atoms with E-state index in [1.54, 1.807) is 12.1 Å². The molecule has 0 unspecified atom stereocenters. The van der Waals surface area contributed by atoms with Crippen molar-refractivity contribution in [3.63, 3.8) is 0 Å². The van der Waals surface area contributed by atoms with Crippen LogP contribution in [0.15, 0.2) is 22.7 Å². The summed E-state index contributed by atoms with van der Waals surface area (Å²) in [6.07, 6.45) is -4.55. The van der Waals surface area contributed by atoms with Crippen LogP contribution < -0.4 is 0 Å². The summed E-state index contributed by atoms with van der Waals surface area (Å²) in [5, 5.41) is 0.320. The number of fused-ring (bicyclic) bond motifs is 1. The van der Waals surface area contributed by atoms with E-state index in [1.807, 2.05) is 0 Å². The maximum Gasteiger partial charge on any atom is 0.432 e. The van der Waals surface area contributed by atoms with Crippen LogP contribution in [0.5, 0.6) is 0 Å². The number of hydrogen-bond acceptors (Lipinski definition) is 1. The molecular weight excluding hydrogens is 311 g/mol. The summed E-state index contributed by atoms with van der Waals surface area (Å²) in [5.41, 5.74) is -0.794. The van der Waals surface area contributed by atoms with Crippen molar-refractivity contribution >= 4 is 32.6 Å². The average Bonchev–Trinajstić information content (AvgIpc) is 2.51. The highest BCUT2D eigenvalue weighted by Crippen LogP contribution is 2.38. The third-order valence-electron chi connectivity index (χ3n) is 2.78. The highest BCUT2D eigenvalue weighted by Gasteiger charge is 2.39. The predicted molar refractivity (Wildman–Crippen MR) is 65.6 cm³/mol. The van der Waals surface area contributed by atoms with Gasteiger partial charge in [-0.1, -0.05) is 22.0 Å². The van der Waals surface area contributed by atoms with Crippen molar-refractivity contribution in [1.29, 1.82) is 0 Å². The van der Waals surface area contributed by atoms with Gasteiger partial charge < -0.3 is 4.57 Å². The second-order valence-electron chi connectivity index (χ2n) is 4.00. The molecule has 0 aliphatic rings. The zero-order chi connectivity index (χ0) is 13.7. The number of aryl methyl sites for hydroxylation is 1. The van der Waals surface area contributed by atoms with Gasteiger partial charge in [0, 0.05) is 16.9 Å². The number of hydrogen-bond donors (Lipinski definition) is 0. The van der Waals surface area contributed by atoms with Crippen molar-refractivity contribution < 1.29 is 18.0 Å². The van der Waals surface area contributed by atoms with E-state index < -0.39 is 17.7 Å². The Morgan fingerprint density at radius 2 is 1.94 bits per heavy atom. The third kappa shape index (κ3) is 1.94. The van der Waals surface area contributed by atoms with Gasteiger partial charge in [-0.3, -0.25) is 4.79 Å². The number of alkyl halides is 3. The van der Waals surface area contributed by atoms with Crippen molar-refractivity contribution in [2.45, 2.75) is 13.1 Å². The van der Waals surface area contributed by atoms with Crippen molar-refractivity contribution in [3.05, 3.63) is 33.9 Å². The Morgan fingerprint density at radius 1 is 1.33 bits per heavy atom. The first-order chi connectivity index (χ1) is 8.23. The number of carbonyl (C=O) groups is 1. The number of nitrogens with zero attached hydrogens (tertiary/aromatic N) is 1. The van der Waals surface area contributed by atoms with E-state index in [0.29, 0.717) is 15.4 Å². The van der Waals surface area contributed by atoms with E-state index in [9.17, 15) is 18.0 Å². The van der Waals surface area contributed by atoms with Gasteiger partial charge in [0.2, 0.25) is 0 Å². The van der Waals surface area contributed by atoms with E-state index in [1.165, 1.54) is 13.1 Å². The Balaban J connectivity index is 2.97. The third-order valence-corrected chi connectivity index (χ3v) is 3.28. The molecule has 2 aromatic rings. The molecule has 0 fully saturated rings. The van der Waals surface area contributed by atoms with Crippen LogP contribution in [0, 0.1) is 0 Å². The smallest absolute Gasteiger partial charge is 0.339 e. The van der Waals surface area contributed by atoms with Crippen LogP contribution in [-0.4, -0.2) is 10.4 Å². The molecule has 0 N–H and O–H groups in total. The van der Waals surface area contributed by atoms with Gasteiger partial charge in [-0.05, 0) is 19.1 Å². The first-order valence-electron chi connectivity index (χ1n) is 5.09. The average molecular weight is 320 g/mol. The normalized spacial score (nSPS) is 12.1. The zero-order valence-electron chi connectivity index (χ0n) is 9.60. The first kappa shape index (κ1) is 13.1. The van der Waals surface area contributed by atoms with E-state index in [-0.39, 0.29) is 5.56 Å². The van der Waals surface area contributed by atoms with E-state index in [0.717, 1.165) is 11.5 Å². The van der Waals surface area contributed by atoms with Crippen LogP contribution >= 0.6 is 15.9 Å². The largest absolute Gasteiger partial charge is 0.432 e. The molecule has 0 amide bonds. The molecule has 1 aromatic carbocycles. The molecule has 0 radical (unpaired) electrons. The minimum absolute atomic E-state index is 0.271. The Morgan fingerprint density at radius 3 is 2.44 bits per heavy atom. The van der Waals surface area contributed by atoms with Gasteiger partial charge in [-0.15, -0.1) is 0 Å². The van der Waals surface area contributed by atoms with Crippen molar-refractivity contribution in [1.82, 2.24) is 4.57 Å². The molecule has 6 heteroatoms. The fraction of sp³-hybridized carbons (Fsp3) is 0.250. The van der Waals surface area contributed by atoms with Crippen molar-refractivity contribution in [2.75, 3.05) is 0 Å². The SMILES string of the molecule is CC(=O)c1c(C(F)(F)F)n(C)c2cc(Br)ccc12. The molecule has 18 heavy (non-hydrogen) atoms. The molecule has 96 valence electrons. The minimum Gasteiger partial charge on any atom is -0.339 e. The van der Waals surface area contributed by atoms with Gasteiger partial charge in [0.25, 0.3) is 0 Å². The number of halogens is 4. The Hall–Kier alpha value is -1.30. The number of carbonyl (C=O) groups excluding carboxylic acids is 1. The molecule has 0 atom stereocenters. The molecule has 2 nitrogen and oxygen atoms in total. The molecule has 0 saturated heterocycles. The molecule has 2 rings (SSSR count). The number of Topliss-reactive ketones (excluding diaryl/α,β-unsaturated/α-hetero) is 1. The Bertz CT molecular complexity index is 643. The predicted octanol–water partition coefficient (Wildman–Crippen LogP) is 4.16. The van der Waals surface area contributed by atoms with Crippen LogP contribution in [0.25, 0.3) is 10.9 Å². The maximum absolute atomic E-state index is 13.0. The first-order valence-corrected chi connectivity index (χ1v) is 5.89. The summed E-state index contributed by atoms with van der Waals surface area (Å²) in [7, 11) is 1.31. The van der Waals surface area contributed by atoms with Crippen molar-refractivity contribution in [2.24, 2.45) is 7.05 Å². The van der Waals surface area contributed by atoms with Gasteiger partial charge in [0.1, 0.15) is 5.69 Å². The number of benzene rings is 1. The topological polar surface area (TPSA) is 22.0 Å². The van der Waals surface area contributed by atoms with E-state index >= 15 is 0 Å². The molecule has 0 saturated carbocycles. The number of aromatic nitrogens is 1. The second-order valence-corrected chi connectivity index (χ2v) is 4.91. The van der Waals surface area contributed by atoms with Crippen LogP contribution in [-0.2, 0) is 13.2 Å². The fourth-order valence-corrected chi connectivity index (χ4v) is 2.45. The van der Waals surface area contributed by atoms with Gasteiger partial charge in [0.05, 0.1) is 11.1 Å². The summed E-state index contributed by atoms with van der Waals surface area (Å²) in [6.45, 7) is 1.14.